The largest absolute Gasteiger partial charge is 0.379 e. The number of nitrogens with zero attached hydrogens (tertiary/aromatic N) is 3. The van der Waals surface area contributed by atoms with Crippen molar-refractivity contribution in [3.05, 3.63) is 53.9 Å². The van der Waals surface area contributed by atoms with Gasteiger partial charge >= 0.3 is 6.03 Å². The average molecular weight is 385 g/mol. The summed E-state index contributed by atoms with van der Waals surface area (Å²) in [7, 11) is 2.02. The number of aromatic nitrogens is 1. The molecule has 2 aromatic rings. The van der Waals surface area contributed by atoms with Crippen molar-refractivity contribution in [3.8, 4) is 0 Å². The van der Waals surface area contributed by atoms with Gasteiger partial charge in [0.1, 0.15) is 0 Å². The van der Waals surface area contributed by atoms with Crippen LogP contribution >= 0.6 is 0 Å². The van der Waals surface area contributed by atoms with Gasteiger partial charge in [-0.1, -0.05) is 19.1 Å². The standard InChI is InChI=1S/C22H32N4O2/c1-3-19-7-9-20(10-8-19)23-22(27)26(18-21-6-4-11-24(21)2)13-5-12-25-14-16-28-17-15-25/h4,6-11H,3,5,12-18H2,1-2H3,(H,23,27). The van der Waals surface area contributed by atoms with E-state index in [2.05, 4.69) is 39.9 Å². The van der Waals surface area contributed by atoms with Gasteiger partial charge in [-0.3, -0.25) is 4.90 Å². The zero-order valence-corrected chi connectivity index (χ0v) is 17.1. The molecule has 1 N–H and O–H groups in total. The van der Waals surface area contributed by atoms with Gasteiger partial charge < -0.3 is 19.5 Å². The maximum atomic E-state index is 13.0. The number of ether oxygens (including phenoxy) is 1. The van der Waals surface area contributed by atoms with Crippen molar-refractivity contribution in [1.82, 2.24) is 14.4 Å². The zero-order chi connectivity index (χ0) is 19.8. The van der Waals surface area contributed by atoms with E-state index in [1.807, 2.05) is 36.3 Å². The van der Waals surface area contributed by atoms with Crippen LogP contribution in [0.4, 0.5) is 10.5 Å². The fourth-order valence-corrected chi connectivity index (χ4v) is 3.44. The van der Waals surface area contributed by atoms with Crippen LogP contribution in [0.5, 0.6) is 0 Å². The fraction of sp³-hybridized carbons (Fsp3) is 0.500. The smallest absolute Gasteiger partial charge is 0.322 e. The van der Waals surface area contributed by atoms with E-state index in [9.17, 15) is 4.79 Å². The van der Waals surface area contributed by atoms with Crippen LogP contribution in [0, 0.1) is 0 Å². The molecule has 0 radical (unpaired) electrons. The molecule has 1 saturated heterocycles. The van der Waals surface area contributed by atoms with E-state index in [4.69, 9.17) is 4.74 Å². The molecular formula is C22H32N4O2. The summed E-state index contributed by atoms with van der Waals surface area (Å²) in [5, 5.41) is 3.06. The summed E-state index contributed by atoms with van der Waals surface area (Å²) in [5.41, 5.74) is 3.24. The molecule has 6 nitrogen and oxygen atoms in total. The number of carbonyl (C=O) groups is 1. The van der Waals surface area contributed by atoms with Gasteiger partial charge in [0.2, 0.25) is 0 Å². The Morgan fingerprint density at radius 1 is 1.18 bits per heavy atom. The van der Waals surface area contributed by atoms with Crippen LogP contribution in [-0.4, -0.2) is 59.8 Å². The van der Waals surface area contributed by atoms with Crippen LogP contribution in [0.1, 0.15) is 24.6 Å². The predicted octanol–water partition coefficient (Wildman–Crippen LogP) is 3.34. The van der Waals surface area contributed by atoms with E-state index in [1.54, 1.807) is 0 Å². The highest BCUT2D eigenvalue weighted by molar-refractivity contribution is 5.89. The molecule has 0 unspecified atom stereocenters. The molecule has 1 fully saturated rings. The number of benzene rings is 1. The van der Waals surface area contributed by atoms with E-state index in [0.717, 1.165) is 63.6 Å². The number of urea groups is 1. The third-order valence-corrected chi connectivity index (χ3v) is 5.31. The van der Waals surface area contributed by atoms with Gasteiger partial charge in [-0.25, -0.2) is 4.79 Å². The highest BCUT2D eigenvalue weighted by atomic mass is 16.5. The molecule has 0 atom stereocenters. The third kappa shape index (κ3) is 5.84. The lowest BCUT2D eigenvalue weighted by molar-refractivity contribution is 0.0365. The summed E-state index contributed by atoms with van der Waals surface area (Å²) in [6, 6.07) is 12.1. The first-order valence-corrected chi connectivity index (χ1v) is 10.2. The predicted molar refractivity (Wildman–Crippen MR) is 113 cm³/mol. The van der Waals surface area contributed by atoms with Crippen LogP contribution in [-0.2, 0) is 24.8 Å². The average Bonchev–Trinajstić information content (AvgIpc) is 3.13. The summed E-state index contributed by atoms with van der Waals surface area (Å²) in [6.45, 7) is 8.02. The zero-order valence-electron chi connectivity index (χ0n) is 17.1. The number of anilines is 1. The topological polar surface area (TPSA) is 49.7 Å². The highest BCUT2D eigenvalue weighted by Crippen LogP contribution is 2.13. The maximum absolute atomic E-state index is 13.0. The van der Waals surface area contributed by atoms with Crippen LogP contribution in [0.3, 0.4) is 0 Å². The van der Waals surface area contributed by atoms with Crippen LogP contribution in [0.2, 0.25) is 0 Å². The van der Waals surface area contributed by atoms with Crippen molar-refractivity contribution in [2.45, 2.75) is 26.3 Å². The first kappa shape index (κ1) is 20.4. The van der Waals surface area contributed by atoms with Gasteiger partial charge in [0.15, 0.2) is 0 Å². The Labute approximate surface area is 168 Å². The van der Waals surface area contributed by atoms with E-state index < -0.39 is 0 Å². The molecule has 2 amide bonds. The minimum Gasteiger partial charge on any atom is -0.379 e. The van der Waals surface area contributed by atoms with Crippen molar-refractivity contribution < 1.29 is 9.53 Å². The van der Waals surface area contributed by atoms with Gasteiger partial charge in [0.05, 0.1) is 19.8 Å². The Morgan fingerprint density at radius 2 is 1.93 bits per heavy atom. The molecule has 152 valence electrons. The third-order valence-electron chi connectivity index (χ3n) is 5.31. The Kier molecular flexibility index (Phi) is 7.51. The van der Waals surface area contributed by atoms with Crippen molar-refractivity contribution in [2.75, 3.05) is 44.7 Å². The number of hydrogen-bond donors (Lipinski definition) is 1. The molecule has 2 heterocycles. The summed E-state index contributed by atoms with van der Waals surface area (Å²) >= 11 is 0. The SMILES string of the molecule is CCc1ccc(NC(=O)N(CCCN2CCOCC2)Cc2cccn2C)cc1. The molecule has 1 aliphatic heterocycles. The first-order valence-electron chi connectivity index (χ1n) is 10.2. The molecule has 6 heteroatoms. The normalized spacial score (nSPS) is 14.8. The first-order chi connectivity index (χ1) is 13.7. The van der Waals surface area contributed by atoms with Crippen molar-refractivity contribution >= 4 is 11.7 Å². The second kappa shape index (κ2) is 10.3. The Morgan fingerprint density at radius 3 is 2.57 bits per heavy atom. The number of carbonyl (C=O) groups excluding carboxylic acids is 1. The summed E-state index contributed by atoms with van der Waals surface area (Å²) in [4.78, 5) is 17.3. The molecule has 0 bridgehead atoms. The Hall–Kier alpha value is -2.31. The van der Waals surface area contributed by atoms with E-state index >= 15 is 0 Å². The lowest BCUT2D eigenvalue weighted by Gasteiger charge is -2.28. The number of hydrogen-bond acceptors (Lipinski definition) is 3. The van der Waals surface area contributed by atoms with Gasteiger partial charge in [0.25, 0.3) is 0 Å². The van der Waals surface area contributed by atoms with Gasteiger partial charge in [-0.15, -0.1) is 0 Å². The van der Waals surface area contributed by atoms with Crippen molar-refractivity contribution in [3.63, 3.8) is 0 Å². The van der Waals surface area contributed by atoms with Gasteiger partial charge in [-0.2, -0.15) is 0 Å². The van der Waals surface area contributed by atoms with Gasteiger partial charge in [0, 0.05) is 50.8 Å². The van der Waals surface area contributed by atoms with Crippen molar-refractivity contribution in [1.29, 1.82) is 0 Å². The molecule has 0 saturated carbocycles. The quantitative estimate of drug-likeness (QED) is 0.759. The molecule has 1 aromatic carbocycles. The number of rotatable bonds is 8. The Balaban J connectivity index is 1.60. The summed E-state index contributed by atoms with van der Waals surface area (Å²) in [6.07, 6.45) is 3.96. The van der Waals surface area contributed by atoms with E-state index in [0.29, 0.717) is 6.54 Å². The van der Waals surface area contributed by atoms with Crippen LogP contribution in [0.25, 0.3) is 0 Å². The van der Waals surface area contributed by atoms with E-state index in [-0.39, 0.29) is 6.03 Å². The second-order valence-electron chi connectivity index (χ2n) is 7.32. The molecule has 0 spiro atoms. The highest BCUT2D eigenvalue weighted by Gasteiger charge is 2.17. The van der Waals surface area contributed by atoms with Crippen LogP contribution in [0.15, 0.2) is 42.6 Å². The number of morpholine rings is 1. The molecule has 0 aliphatic carbocycles. The minimum atomic E-state index is -0.0487. The molecule has 1 aromatic heterocycles. The molecular weight excluding hydrogens is 352 g/mol. The van der Waals surface area contributed by atoms with Crippen LogP contribution < -0.4 is 5.32 Å². The van der Waals surface area contributed by atoms with E-state index in [1.165, 1.54) is 5.56 Å². The number of nitrogens with one attached hydrogen (secondary N) is 1. The summed E-state index contributed by atoms with van der Waals surface area (Å²) < 4.78 is 7.48. The monoisotopic (exact) mass is 384 g/mol. The molecule has 3 rings (SSSR count). The number of aryl methyl sites for hydroxylation is 2. The summed E-state index contributed by atoms with van der Waals surface area (Å²) in [5.74, 6) is 0. The van der Waals surface area contributed by atoms with Gasteiger partial charge in [-0.05, 0) is 42.7 Å². The fourth-order valence-electron chi connectivity index (χ4n) is 3.44. The lowest BCUT2D eigenvalue weighted by atomic mass is 10.1. The lowest BCUT2D eigenvalue weighted by Crippen LogP contribution is -2.40. The number of amides is 2. The van der Waals surface area contributed by atoms with Crippen molar-refractivity contribution in [2.24, 2.45) is 7.05 Å². The minimum absolute atomic E-state index is 0.0487. The second-order valence-corrected chi connectivity index (χ2v) is 7.32. The maximum Gasteiger partial charge on any atom is 0.322 e. The molecule has 1 aliphatic rings. The molecule has 28 heavy (non-hydrogen) atoms. The Bertz CT molecular complexity index is 735.